The van der Waals surface area contributed by atoms with E-state index in [-0.39, 0.29) is 18.5 Å². The van der Waals surface area contributed by atoms with Gasteiger partial charge in [-0.25, -0.2) is 0 Å². The van der Waals surface area contributed by atoms with Crippen LogP contribution < -0.4 is 0 Å². The summed E-state index contributed by atoms with van der Waals surface area (Å²) in [6.07, 6.45) is 11.0. The van der Waals surface area contributed by atoms with Crippen molar-refractivity contribution in [1.29, 1.82) is 0 Å². The van der Waals surface area contributed by atoms with Crippen LogP contribution in [0.15, 0.2) is 0 Å². The summed E-state index contributed by atoms with van der Waals surface area (Å²) in [5, 5.41) is 0. The maximum atomic E-state index is 11.9. The lowest BCUT2D eigenvalue weighted by molar-refractivity contribution is -0.147. The van der Waals surface area contributed by atoms with Crippen molar-refractivity contribution in [2.24, 2.45) is 23.2 Å². The second kappa shape index (κ2) is 4.72. The largest absolute Gasteiger partial charge is 0.452 e. The van der Waals surface area contributed by atoms with Crippen molar-refractivity contribution in [2.45, 2.75) is 46.0 Å². The summed E-state index contributed by atoms with van der Waals surface area (Å²) in [7, 11) is 0. The standard InChI is InChI=1S/C15H22O2/c1-4-8-17-14(16)12-9-13-7-5-6-11(2)15(13,3)10-12/h1,11-13H,5-10H2,2-3H3/t11-,12?,13-,15+/m0/s1. The van der Waals surface area contributed by atoms with Gasteiger partial charge < -0.3 is 4.74 Å². The molecule has 0 saturated heterocycles. The lowest BCUT2D eigenvalue weighted by Gasteiger charge is -2.42. The number of terminal acetylenes is 1. The van der Waals surface area contributed by atoms with Crippen molar-refractivity contribution in [3.63, 3.8) is 0 Å². The van der Waals surface area contributed by atoms with Gasteiger partial charge in [-0.2, -0.15) is 0 Å². The number of hydrogen-bond acceptors (Lipinski definition) is 2. The number of fused-ring (bicyclic) bond motifs is 1. The minimum absolute atomic E-state index is 0.0780. The van der Waals surface area contributed by atoms with Crippen LogP contribution in [-0.2, 0) is 9.53 Å². The highest BCUT2D eigenvalue weighted by atomic mass is 16.5. The average Bonchev–Trinajstić information content (AvgIpc) is 2.66. The summed E-state index contributed by atoms with van der Waals surface area (Å²) in [5.74, 6) is 3.80. The summed E-state index contributed by atoms with van der Waals surface area (Å²) >= 11 is 0. The smallest absolute Gasteiger partial charge is 0.309 e. The Balaban J connectivity index is 2.02. The number of carbonyl (C=O) groups excluding carboxylic acids is 1. The highest BCUT2D eigenvalue weighted by Crippen LogP contribution is 2.57. The van der Waals surface area contributed by atoms with Crippen molar-refractivity contribution in [2.75, 3.05) is 6.61 Å². The molecule has 0 heterocycles. The van der Waals surface area contributed by atoms with Gasteiger partial charge in [0.15, 0.2) is 6.61 Å². The summed E-state index contributed by atoms with van der Waals surface area (Å²) in [5.41, 5.74) is 0.345. The molecule has 0 radical (unpaired) electrons. The monoisotopic (exact) mass is 234 g/mol. The Bertz CT molecular complexity index is 341. The van der Waals surface area contributed by atoms with Crippen LogP contribution in [0.4, 0.5) is 0 Å². The van der Waals surface area contributed by atoms with Gasteiger partial charge in [-0.15, -0.1) is 6.42 Å². The summed E-state index contributed by atoms with van der Waals surface area (Å²) < 4.78 is 5.09. The van der Waals surface area contributed by atoms with Gasteiger partial charge in [0.1, 0.15) is 0 Å². The Morgan fingerprint density at radius 1 is 1.53 bits per heavy atom. The van der Waals surface area contributed by atoms with Gasteiger partial charge in [0.2, 0.25) is 0 Å². The van der Waals surface area contributed by atoms with Gasteiger partial charge in [0.25, 0.3) is 0 Å². The zero-order valence-corrected chi connectivity index (χ0v) is 10.9. The van der Waals surface area contributed by atoms with E-state index in [0.717, 1.165) is 18.8 Å². The molecular formula is C15H22O2. The number of rotatable bonds is 2. The molecular weight excluding hydrogens is 212 g/mol. The first-order valence-corrected chi connectivity index (χ1v) is 6.68. The first-order valence-electron chi connectivity index (χ1n) is 6.68. The molecule has 0 aliphatic heterocycles. The number of ether oxygens (including phenoxy) is 1. The van der Waals surface area contributed by atoms with Crippen molar-refractivity contribution >= 4 is 5.97 Å². The van der Waals surface area contributed by atoms with Crippen LogP contribution in [0.5, 0.6) is 0 Å². The van der Waals surface area contributed by atoms with Crippen LogP contribution in [0.25, 0.3) is 0 Å². The van der Waals surface area contributed by atoms with E-state index in [4.69, 9.17) is 11.2 Å². The molecule has 2 rings (SSSR count). The van der Waals surface area contributed by atoms with E-state index in [9.17, 15) is 4.79 Å². The fourth-order valence-electron chi connectivity index (χ4n) is 3.86. The fourth-order valence-corrected chi connectivity index (χ4v) is 3.86. The minimum Gasteiger partial charge on any atom is -0.452 e. The predicted octanol–water partition coefficient (Wildman–Crippen LogP) is 3.02. The molecule has 1 unspecified atom stereocenters. The highest BCUT2D eigenvalue weighted by molar-refractivity contribution is 5.73. The van der Waals surface area contributed by atoms with E-state index < -0.39 is 0 Å². The molecule has 0 aromatic heterocycles. The highest BCUT2D eigenvalue weighted by Gasteiger charge is 2.50. The average molecular weight is 234 g/mol. The third-order valence-electron chi connectivity index (χ3n) is 5.13. The fraction of sp³-hybridized carbons (Fsp3) is 0.800. The van der Waals surface area contributed by atoms with Gasteiger partial charge in [-0.05, 0) is 36.5 Å². The molecule has 17 heavy (non-hydrogen) atoms. The molecule has 0 amide bonds. The third kappa shape index (κ3) is 2.20. The van der Waals surface area contributed by atoms with Crippen LogP contribution >= 0.6 is 0 Å². The SMILES string of the molecule is C#CCOC(=O)C1C[C@@H]2CCC[C@H](C)[C@@]2(C)C1. The van der Waals surface area contributed by atoms with E-state index in [0.29, 0.717) is 11.3 Å². The van der Waals surface area contributed by atoms with Crippen LogP contribution in [0.3, 0.4) is 0 Å². The lowest BCUT2D eigenvalue weighted by Crippen LogP contribution is -2.33. The summed E-state index contributed by atoms with van der Waals surface area (Å²) in [6, 6.07) is 0. The predicted molar refractivity (Wildman–Crippen MR) is 67.1 cm³/mol. The third-order valence-corrected chi connectivity index (χ3v) is 5.13. The van der Waals surface area contributed by atoms with E-state index in [2.05, 4.69) is 19.8 Å². The van der Waals surface area contributed by atoms with Crippen LogP contribution in [-0.4, -0.2) is 12.6 Å². The molecule has 0 N–H and O–H groups in total. The molecule has 94 valence electrons. The molecule has 0 aromatic carbocycles. The normalized spacial score (nSPS) is 40.4. The first kappa shape index (κ1) is 12.5. The molecule has 2 nitrogen and oxygen atoms in total. The van der Waals surface area contributed by atoms with Gasteiger partial charge in [-0.1, -0.05) is 32.6 Å². The summed E-state index contributed by atoms with van der Waals surface area (Å²) in [4.78, 5) is 11.9. The quantitative estimate of drug-likeness (QED) is 0.542. The van der Waals surface area contributed by atoms with Crippen LogP contribution in [0.2, 0.25) is 0 Å². The number of carbonyl (C=O) groups is 1. The molecule has 2 saturated carbocycles. The van der Waals surface area contributed by atoms with Crippen molar-refractivity contribution < 1.29 is 9.53 Å². The van der Waals surface area contributed by atoms with Crippen molar-refractivity contribution in [3.05, 3.63) is 0 Å². The molecule has 0 aromatic rings. The maximum Gasteiger partial charge on any atom is 0.309 e. The van der Waals surface area contributed by atoms with Gasteiger partial charge >= 0.3 is 5.97 Å². The molecule has 2 heteroatoms. The lowest BCUT2D eigenvalue weighted by atomic mass is 9.63. The van der Waals surface area contributed by atoms with E-state index in [1.165, 1.54) is 19.3 Å². The Morgan fingerprint density at radius 2 is 2.29 bits per heavy atom. The zero-order chi connectivity index (χ0) is 12.5. The second-order valence-electron chi connectivity index (χ2n) is 5.98. The van der Waals surface area contributed by atoms with E-state index in [1.54, 1.807) is 0 Å². The zero-order valence-electron chi connectivity index (χ0n) is 10.9. The molecule has 2 aliphatic rings. The number of esters is 1. The molecule has 2 fully saturated rings. The van der Waals surface area contributed by atoms with Gasteiger partial charge in [-0.3, -0.25) is 4.79 Å². The Kier molecular flexibility index (Phi) is 3.47. The summed E-state index contributed by atoms with van der Waals surface area (Å²) in [6.45, 7) is 4.81. The van der Waals surface area contributed by atoms with Gasteiger partial charge in [0.05, 0.1) is 5.92 Å². The molecule has 0 spiro atoms. The van der Waals surface area contributed by atoms with Crippen molar-refractivity contribution in [1.82, 2.24) is 0 Å². The Labute approximate surface area is 104 Å². The molecule has 2 aliphatic carbocycles. The Hall–Kier alpha value is -0.970. The van der Waals surface area contributed by atoms with E-state index >= 15 is 0 Å². The maximum absolute atomic E-state index is 11.9. The molecule has 4 atom stereocenters. The topological polar surface area (TPSA) is 26.3 Å². The number of hydrogen-bond donors (Lipinski definition) is 0. The second-order valence-corrected chi connectivity index (χ2v) is 5.98. The Morgan fingerprint density at radius 3 is 2.94 bits per heavy atom. The minimum atomic E-state index is -0.0780. The van der Waals surface area contributed by atoms with E-state index in [1.807, 2.05) is 0 Å². The first-order chi connectivity index (χ1) is 8.08. The van der Waals surface area contributed by atoms with Crippen molar-refractivity contribution in [3.8, 4) is 12.3 Å². The van der Waals surface area contributed by atoms with Gasteiger partial charge in [0, 0.05) is 0 Å². The van der Waals surface area contributed by atoms with Crippen LogP contribution in [0, 0.1) is 35.5 Å². The molecule has 0 bridgehead atoms. The van der Waals surface area contributed by atoms with Crippen LogP contribution in [0.1, 0.15) is 46.0 Å².